The second-order valence-corrected chi connectivity index (χ2v) is 31.9. The Kier molecular flexibility index (Phi) is 28.9. The highest BCUT2D eigenvalue weighted by molar-refractivity contribution is 6.38. The molecule has 4 unspecified atom stereocenters. The van der Waals surface area contributed by atoms with Crippen molar-refractivity contribution in [2.45, 2.75) is 102 Å². The summed E-state index contributed by atoms with van der Waals surface area (Å²) in [6, 6.07) is 5.30. The number of aryl methyl sites for hydroxylation is 4. The van der Waals surface area contributed by atoms with Crippen molar-refractivity contribution in [3.63, 3.8) is 0 Å². The molecule has 0 aliphatic heterocycles. The van der Waals surface area contributed by atoms with Crippen LogP contribution in [0, 0.1) is 40.8 Å². The Hall–Kier alpha value is -14.3. The second-order valence-electron chi connectivity index (χ2n) is 31.1. The van der Waals surface area contributed by atoms with Crippen LogP contribution in [0.2, 0.25) is 10.0 Å². The van der Waals surface area contributed by atoms with Crippen LogP contribution in [0.1, 0.15) is 125 Å². The molecule has 8 N–H and O–H groups in total. The highest BCUT2D eigenvalue weighted by atomic mass is 35.5. The predicted molar refractivity (Wildman–Crippen MR) is 481 cm³/mol. The summed E-state index contributed by atoms with van der Waals surface area (Å²) < 4.78 is 138. The lowest BCUT2D eigenvalue weighted by atomic mass is 9.74. The lowest BCUT2D eigenvalue weighted by Gasteiger charge is -2.30. The number of nitrogens with zero attached hydrogens (tertiary/aromatic N) is 12. The van der Waals surface area contributed by atoms with E-state index < -0.39 is 46.7 Å². The average molecular weight is 1850 g/mol. The quantitative estimate of drug-likeness (QED) is 0.0158. The molecule has 0 bridgehead atoms. The molecule has 4 atom stereocenters. The first-order valence-electron chi connectivity index (χ1n) is 41.1. The van der Waals surface area contributed by atoms with Crippen LogP contribution in [0.25, 0.3) is 57.2 Å². The molecule has 0 saturated heterocycles. The van der Waals surface area contributed by atoms with Crippen LogP contribution in [-0.2, 0) is 92.3 Å². The van der Waals surface area contributed by atoms with E-state index in [2.05, 4.69) is 109 Å². The molecule has 0 spiro atoms. The summed E-state index contributed by atoms with van der Waals surface area (Å²) in [7, 11) is 18.2. The number of H-pyrrole nitrogens is 4. The number of methoxy groups -OCH3 is 8. The van der Waals surface area contributed by atoms with E-state index in [1.807, 2.05) is 14.0 Å². The molecule has 131 heavy (non-hydrogen) atoms. The molecule has 8 heterocycles. The number of allylic oxidation sites excluding steroid dienone is 1. The van der Waals surface area contributed by atoms with Crippen LogP contribution in [0.3, 0.4) is 0 Å². The number of nitrogens with one attached hydrogen (secondary N) is 8. The Morgan fingerprint density at radius 2 is 0.786 bits per heavy atom. The van der Waals surface area contributed by atoms with E-state index >= 15 is 17.6 Å². The van der Waals surface area contributed by atoms with Gasteiger partial charge in [-0.25, -0.2) is 26.3 Å². The number of carbonyl (C=O) groups is 4. The van der Waals surface area contributed by atoms with E-state index in [9.17, 15) is 28.0 Å². The average Bonchev–Trinajstić information content (AvgIpc) is 1.66. The molecule has 12 aromatic rings. The van der Waals surface area contributed by atoms with Crippen molar-refractivity contribution in [2.75, 3.05) is 78.1 Å². The third-order valence-electron chi connectivity index (χ3n) is 23.5. The van der Waals surface area contributed by atoms with E-state index in [-0.39, 0.29) is 86.7 Å². The Bertz CT molecular complexity index is 6300. The maximum absolute atomic E-state index is 15.2. The highest BCUT2D eigenvalue weighted by Crippen LogP contribution is 2.51. The Morgan fingerprint density at radius 1 is 0.435 bits per heavy atom. The minimum absolute atomic E-state index is 0.0466. The van der Waals surface area contributed by atoms with Crippen LogP contribution in [0.15, 0.2) is 99.2 Å². The molecule has 4 aliphatic carbocycles. The van der Waals surface area contributed by atoms with Crippen molar-refractivity contribution < 1.29 is 83.4 Å². The maximum Gasteiger partial charge on any atom is 0.250 e. The zero-order valence-electron chi connectivity index (χ0n) is 74.1. The van der Waals surface area contributed by atoms with Gasteiger partial charge in [0.1, 0.15) is 57.1 Å². The molecular weight excluding hydrogens is 1750 g/mol. The summed E-state index contributed by atoms with van der Waals surface area (Å²) >= 11 is 13.3. The number of fused-ring (bicyclic) bond motifs is 4. The van der Waals surface area contributed by atoms with Gasteiger partial charge in [0, 0.05) is 114 Å². The SMILES string of the molecule is C=C(C)C(=O)Nc1cnn(C)c1-c1n[nH]c2c1CCC(c1c(Cl)c(OC)cc(OC)c1Cl)C2.C=CC(=O)Nc1cnn(C)c1-c1n[nH]c2c1CC(C)C(c1c(F)c(OC)cc(OC)c1F)C2.C=CC(=O)Nc1cnn(C)c1-c1n[nH]c2c1CCC(c1c(F)c(OC)cc(OC)c1F)=C2.C=CC(=O)Nc1cnn(C)c1-c1n[nH]c2c1CCCC(c1c(F)c(OC)cc(OC)c1F)C2. The molecule has 4 aliphatic rings. The van der Waals surface area contributed by atoms with Gasteiger partial charge >= 0.3 is 0 Å². The predicted octanol–water partition coefficient (Wildman–Crippen LogP) is 16.3. The van der Waals surface area contributed by atoms with Gasteiger partial charge in [0.15, 0.2) is 69.4 Å². The van der Waals surface area contributed by atoms with E-state index in [1.54, 1.807) is 91.7 Å². The molecule has 0 saturated carbocycles. The van der Waals surface area contributed by atoms with Crippen molar-refractivity contribution >= 4 is 81.2 Å². The molecule has 0 fully saturated rings. The van der Waals surface area contributed by atoms with Gasteiger partial charge in [-0.3, -0.25) is 58.3 Å². The summed E-state index contributed by atoms with van der Waals surface area (Å²) in [5, 5.41) is 59.1. The van der Waals surface area contributed by atoms with Crippen LogP contribution >= 0.6 is 23.2 Å². The largest absolute Gasteiger partial charge is 0.495 e. The van der Waals surface area contributed by atoms with E-state index in [0.717, 1.165) is 75.2 Å². The number of hydrogen-bond acceptors (Lipinski definition) is 20. The van der Waals surface area contributed by atoms with Crippen molar-refractivity contribution in [1.82, 2.24) is 79.9 Å². The van der Waals surface area contributed by atoms with Gasteiger partial charge in [-0.15, -0.1) is 0 Å². The topological polar surface area (TPSA) is 376 Å². The van der Waals surface area contributed by atoms with Gasteiger partial charge in [-0.1, -0.05) is 56.4 Å². The standard InChI is InChI=1S/C23H25Cl2N5O3.2C23H25F2N5O3.C22H21F2N5O3/c1-11(2)23(31)27-15-10-26-30(3)22(15)21-13-7-6-12(8-14(13)28-29-21)18-19(24)16(32-4)9-17(33-5)20(18)25;1-6-18(31)27-15-10-26-30(3)23(15)22-13-7-11(2)12(8-14(13)28-29-22)19-20(24)16(32-4)9-17(33-5)21(19)25;1-5-18(31)27-15-11-26-30(2)23(15)22-13-8-6-7-12(9-14(13)28-29-22)19-20(24)16(32-3)10-17(33-4)21(19)25;1-5-17(30)26-14-10-25-29(2)22(14)21-12-7-6-11(8-13(12)27-28-21)18-19(23)15(31-3)9-16(32-4)20(18)24/h9-10,12H,1,6-8H2,2-5H3,(H,27,31)(H,28,29);6,9-12H,1,7-8H2,2-5H3,(H,27,31)(H,28,29);5,10-12H,1,6-9H2,2-4H3,(H,27,31)(H,28,29);5,8-10H,1,6-7H2,2-4H3,(H,26,30)(H,27,28). The minimum atomic E-state index is -0.790. The third kappa shape index (κ3) is 18.6. The summed E-state index contributed by atoms with van der Waals surface area (Å²) in [6.45, 7) is 17.7. The van der Waals surface area contributed by atoms with Crippen molar-refractivity contribution in [3.8, 4) is 91.5 Å². The monoisotopic (exact) mass is 1840 g/mol. The first-order chi connectivity index (χ1) is 62.8. The van der Waals surface area contributed by atoms with Crippen molar-refractivity contribution in [1.29, 1.82) is 0 Å². The van der Waals surface area contributed by atoms with Crippen molar-refractivity contribution in [3.05, 3.63) is 211 Å². The molecule has 32 nitrogen and oxygen atoms in total. The van der Waals surface area contributed by atoms with Gasteiger partial charge in [-0.2, -0.15) is 40.8 Å². The van der Waals surface area contributed by atoms with Crippen LogP contribution in [0.5, 0.6) is 46.0 Å². The fraction of sp³-hybridized carbons (Fsp3) is 0.319. The van der Waals surface area contributed by atoms with Crippen molar-refractivity contribution in [2.24, 2.45) is 34.1 Å². The fourth-order valence-electron chi connectivity index (χ4n) is 17.0. The number of rotatable bonds is 24. The number of hydrogen-bond donors (Lipinski definition) is 8. The normalized spacial score (nSPS) is 15.2. The number of aromatic nitrogens is 16. The van der Waals surface area contributed by atoms with Gasteiger partial charge in [0.25, 0.3) is 5.91 Å². The lowest BCUT2D eigenvalue weighted by molar-refractivity contribution is -0.113. The van der Waals surface area contributed by atoms with Crippen LogP contribution in [0.4, 0.5) is 49.1 Å². The van der Waals surface area contributed by atoms with Crippen LogP contribution < -0.4 is 59.2 Å². The van der Waals surface area contributed by atoms with E-state index in [4.69, 9.17) is 61.1 Å². The van der Waals surface area contributed by atoms with Gasteiger partial charge < -0.3 is 59.2 Å². The summed E-state index contributed by atoms with van der Waals surface area (Å²) in [6.07, 6.45) is 17.6. The number of ether oxygens (including phenoxy) is 8. The maximum atomic E-state index is 15.2. The van der Waals surface area contributed by atoms with Crippen LogP contribution in [-0.4, -0.2) is 160 Å². The first kappa shape index (κ1) is 94.3. The number of anilines is 4. The number of carbonyl (C=O) groups excluding carboxylic acids is 4. The van der Waals surface area contributed by atoms with E-state index in [1.165, 1.54) is 79.2 Å². The number of aromatic amines is 4. The van der Waals surface area contributed by atoms with Gasteiger partial charge in [0.05, 0.1) is 126 Å². The lowest BCUT2D eigenvalue weighted by Crippen LogP contribution is -2.24. The third-order valence-corrected chi connectivity index (χ3v) is 24.3. The summed E-state index contributed by atoms with van der Waals surface area (Å²) in [4.78, 5) is 47.6. The molecule has 688 valence electrons. The Labute approximate surface area is 758 Å². The Morgan fingerprint density at radius 3 is 1.19 bits per heavy atom. The molecule has 16 rings (SSSR count). The second kappa shape index (κ2) is 40.2. The zero-order chi connectivity index (χ0) is 94.4. The highest BCUT2D eigenvalue weighted by Gasteiger charge is 2.40. The molecule has 4 aromatic carbocycles. The van der Waals surface area contributed by atoms with Gasteiger partial charge in [-0.05, 0) is 131 Å². The summed E-state index contributed by atoms with van der Waals surface area (Å²) in [5.74, 6) is -6.17. The zero-order valence-corrected chi connectivity index (χ0v) is 75.6. The molecular formula is C91H96Cl2F6N20O12. The first-order valence-corrected chi connectivity index (χ1v) is 41.8. The molecule has 40 heteroatoms. The number of benzene rings is 4. The van der Waals surface area contributed by atoms with E-state index in [0.29, 0.717) is 153 Å². The molecule has 4 amide bonds. The Balaban J connectivity index is 0.000000149. The molecule has 8 aromatic heterocycles. The molecule has 0 radical (unpaired) electrons. The fourth-order valence-corrected chi connectivity index (χ4v) is 17.8. The number of halogens is 8. The number of amides is 4. The van der Waals surface area contributed by atoms with Gasteiger partial charge in [0.2, 0.25) is 17.7 Å². The summed E-state index contributed by atoms with van der Waals surface area (Å²) in [5.41, 5.74) is 15.7. The smallest absolute Gasteiger partial charge is 0.250 e. The minimum Gasteiger partial charge on any atom is -0.495 e.